The van der Waals surface area contributed by atoms with E-state index in [-0.39, 0.29) is 31.1 Å². The van der Waals surface area contributed by atoms with Crippen molar-refractivity contribution in [1.82, 2.24) is 0 Å². The van der Waals surface area contributed by atoms with Gasteiger partial charge in [-0.3, -0.25) is 14.4 Å². The molecule has 0 spiro atoms. The highest BCUT2D eigenvalue weighted by Gasteiger charge is 2.19. The molecule has 304 valence electrons. The van der Waals surface area contributed by atoms with Gasteiger partial charge in [-0.15, -0.1) is 0 Å². The molecule has 0 radical (unpaired) electrons. The fourth-order valence-corrected chi connectivity index (χ4v) is 5.26. The summed E-state index contributed by atoms with van der Waals surface area (Å²) in [6, 6.07) is 0. The largest absolute Gasteiger partial charge is 0.462 e. The third-order valence-electron chi connectivity index (χ3n) is 8.43. The van der Waals surface area contributed by atoms with E-state index < -0.39 is 6.10 Å². The molecular weight excluding hydrogens is 673 g/mol. The van der Waals surface area contributed by atoms with Crippen LogP contribution in [-0.2, 0) is 28.6 Å². The van der Waals surface area contributed by atoms with E-state index in [1.807, 2.05) is 48.6 Å². The Morgan fingerprint density at radius 3 is 1.41 bits per heavy atom. The van der Waals surface area contributed by atoms with Gasteiger partial charge in [0, 0.05) is 19.3 Å². The molecule has 1 unspecified atom stereocenters. The SMILES string of the molecule is CC\C=C/C=C\C=C/C=C\C=C/CCCCCC(=O)OCC(COC(=O)CCCC/C=C\C/C=C\CC)OC(=O)CCCCCCC/C=C\CCCCC. The lowest BCUT2D eigenvalue weighted by atomic mass is 10.1. The third-order valence-corrected chi connectivity index (χ3v) is 8.43. The molecule has 0 rings (SSSR count). The summed E-state index contributed by atoms with van der Waals surface area (Å²) in [5, 5.41) is 0. The van der Waals surface area contributed by atoms with E-state index >= 15 is 0 Å². The van der Waals surface area contributed by atoms with Gasteiger partial charge in [0.05, 0.1) is 0 Å². The number of ether oxygens (including phenoxy) is 3. The van der Waals surface area contributed by atoms with Crippen molar-refractivity contribution in [2.75, 3.05) is 13.2 Å². The van der Waals surface area contributed by atoms with Crippen molar-refractivity contribution in [1.29, 1.82) is 0 Å². The summed E-state index contributed by atoms with van der Waals surface area (Å²) in [7, 11) is 0. The summed E-state index contributed by atoms with van der Waals surface area (Å²) in [5.41, 5.74) is 0. The second-order valence-corrected chi connectivity index (χ2v) is 13.6. The van der Waals surface area contributed by atoms with Gasteiger partial charge in [0.1, 0.15) is 13.2 Å². The van der Waals surface area contributed by atoms with E-state index in [2.05, 4.69) is 69.4 Å². The van der Waals surface area contributed by atoms with E-state index in [0.717, 1.165) is 96.3 Å². The fourth-order valence-electron chi connectivity index (χ4n) is 5.26. The summed E-state index contributed by atoms with van der Waals surface area (Å²) in [5.74, 6) is -1.01. The van der Waals surface area contributed by atoms with Crippen LogP contribution in [0.2, 0.25) is 0 Å². The normalized spacial score (nSPS) is 13.0. The van der Waals surface area contributed by atoms with Gasteiger partial charge in [-0.1, -0.05) is 157 Å². The van der Waals surface area contributed by atoms with Gasteiger partial charge in [0.2, 0.25) is 0 Å². The quantitative estimate of drug-likeness (QED) is 0.0209. The summed E-state index contributed by atoms with van der Waals surface area (Å²) in [6.07, 6.45) is 54.0. The van der Waals surface area contributed by atoms with Crippen molar-refractivity contribution < 1.29 is 28.6 Å². The van der Waals surface area contributed by atoms with Gasteiger partial charge in [-0.2, -0.15) is 0 Å². The second-order valence-electron chi connectivity index (χ2n) is 13.6. The van der Waals surface area contributed by atoms with E-state index in [1.54, 1.807) is 0 Å². The topological polar surface area (TPSA) is 78.9 Å². The molecule has 6 heteroatoms. The molecule has 0 N–H and O–H groups in total. The van der Waals surface area contributed by atoms with Gasteiger partial charge in [0.25, 0.3) is 0 Å². The third kappa shape index (κ3) is 39.5. The molecule has 6 nitrogen and oxygen atoms in total. The van der Waals surface area contributed by atoms with Gasteiger partial charge < -0.3 is 14.2 Å². The number of unbranched alkanes of at least 4 members (excludes halogenated alkanes) is 13. The molecule has 0 aromatic rings. The Morgan fingerprint density at radius 2 is 0.815 bits per heavy atom. The fraction of sp³-hybridized carbons (Fsp3) is 0.604. The van der Waals surface area contributed by atoms with Crippen molar-refractivity contribution in [3.63, 3.8) is 0 Å². The molecule has 0 aliphatic heterocycles. The minimum atomic E-state index is -0.810. The minimum absolute atomic E-state index is 0.114. The van der Waals surface area contributed by atoms with Crippen molar-refractivity contribution in [3.05, 3.63) is 97.2 Å². The van der Waals surface area contributed by atoms with Crippen molar-refractivity contribution in [2.45, 2.75) is 175 Å². The molecule has 0 aliphatic rings. The highest BCUT2D eigenvalue weighted by molar-refractivity contribution is 5.71. The van der Waals surface area contributed by atoms with E-state index in [1.165, 1.54) is 32.1 Å². The Labute approximate surface area is 330 Å². The maximum absolute atomic E-state index is 12.7. The summed E-state index contributed by atoms with van der Waals surface area (Å²) < 4.78 is 16.6. The molecule has 0 saturated heterocycles. The average Bonchev–Trinajstić information content (AvgIpc) is 3.17. The first-order chi connectivity index (χ1) is 26.5. The first-order valence-electron chi connectivity index (χ1n) is 21.3. The highest BCUT2D eigenvalue weighted by atomic mass is 16.6. The van der Waals surface area contributed by atoms with E-state index in [4.69, 9.17) is 14.2 Å². The van der Waals surface area contributed by atoms with Crippen LogP contribution >= 0.6 is 0 Å². The standard InChI is InChI=1S/C48H76O6/c1-4-7-10-13-16-19-21-23-24-25-27-29-32-35-38-41-47(50)53-44-45(43-52-46(49)40-37-34-31-28-18-15-12-9-6-3)54-48(51)42-39-36-33-30-26-22-20-17-14-11-8-5-2/h7,9-10,12-13,16-21,23-25,27-28,45H,4-6,8,11,14-15,22,26,29-44H2,1-3H3/b10-7-,12-9-,16-13-,20-17-,21-19-,24-23-,27-25-,28-18-. The van der Waals surface area contributed by atoms with E-state index in [9.17, 15) is 14.4 Å². The molecule has 0 amide bonds. The zero-order valence-corrected chi connectivity index (χ0v) is 34.4. The number of rotatable bonds is 36. The van der Waals surface area contributed by atoms with Crippen molar-refractivity contribution >= 4 is 17.9 Å². The summed E-state index contributed by atoms with van der Waals surface area (Å²) in [4.78, 5) is 37.6. The smallest absolute Gasteiger partial charge is 0.306 e. The zero-order valence-electron chi connectivity index (χ0n) is 34.4. The Bertz CT molecular complexity index is 1140. The van der Waals surface area contributed by atoms with Crippen LogP contribution < -0.4 is 0 Å². The number of carbonyl (C=O) groups excluding carboxylic acids is 3. The second kappa shape index (κ2) is 42.1. The number of hydrogen-bond acceptors (Lipinski definition) is 6. The monoisotopic (exact) mass is 749 g/mol. The van der Waals surface area contributed by atoms with Crippen LogP contribution in [0.5, 0.6) is 0 Å². The van der Waals surface area contributed by atoms with Crippen LogP contribution in [0, 0.1) is 0 Å². The van der Waals surface area contributed by atoms with Gasteiger partial charge in [-0.05, 0) is 89.9 Å². The Balaban J connectivity index is 4.52. The van der Waals surface area contributed by atoms with Crippen LogP contribution in [0.3, 0.4) is 0 Å². The van der Waals surface area contributed by atoms with Gasteiger partial charge >= 0.3 is 17.9 Å². The molecule has 0 aromatic heterocycles. The predicted octanol–water partition coefficient (Wildman–Crippen LogP) is 13.5. The molecule has 0 bridgehead atoms. The van der Waals surface area contributed by atoms with Crippen LogP contribution in [-0.4, -0.2) is 37.2 Å². The lowest BCUT2D eigenvalue weighted by molar-refractivity contribution is -0.167. The molecular formula is C48H76O6. The lowest BCUT2D eigenvalue weighted by Crippen LogP contribution is -2.30. The maximum atomic E-state index is 12.7. The average molecular weight is 749 g/mol. The first kappa shape index (κ1) is 50.3. The molecule has 0 aromatic carbocycles. The zero-order chi connectivity index (χ0) is 39.4. The minimum Gasteiger partial charge on any atom is -0.462 e. The Kier molecular flexibility index (Phi) is 39.2. The Hall–Kier alpha value is -3.67. The number of esters is 3. The van der Waals surface area contributed by atoms with Gasteiger partial charge in [0.15, 0.2) is 6.10 Å². The van der Waals surface area contributed by atoms with Crippen LogP contribution in [0.4, 0.5) is 0 Å². The van der Waals surface area contributed by atoms with Crippen LogP contribution in [0.1, 0.15) is 168 Å². The molecule has 0 saturated carbocycles. The number of allylic oxidation sites excluding steroid dienone is 16. The Morgan fingerprint density at radius 1 is 0.407 bits per heavy atom. The maximum Gasteiger partial charge on any atom is 0.306 e. The number of carbonyl (C=O) groups is 3. The molecule has 0 heterocycles. The number of hydrogen-bond donors (Lipinski definition) is 0. The summed E-state index contributed by atoms with van der Waals surface area (Å²) >= 11 is 0. The van der Waals surface area contributed by atoms with Crippen molar-refractivity contribution in [2.24, 2.45) is 0 Å². The predicted molar refractivity (Wildman–Crippen MR) is 228 cm³/mol. The van der Waals surface area contributed by atoms with E-state index in [0.29, 0.717) is 19.3 Å². The van der Waals surface area contributed by atoms with Gasteiger partial charge in [-0.25, -0.2) is 0 Å². The first-order valence-corrected chi connectivity index (χ1v) is 21.3. The van der Waals surface area contributed by atoms with Crippen molar-refractivity contribution in [3.8, 4) is 0 Å². The molecule has 1 atom stereocenters. The van der Waals surface area contributed by atoms with Crippen LogP contribution in [0.15, 0.2) is 97.2 Å². The van der Waals surface area contributed by atoms with Crippen LogP contribution in [0.25, 0.3) is 0 Å². The summed E-state index contributed by atoms with van der Waals surface area (Å²) in [6.45, 7) is 6.23. The highest BCUT2D eigenvalue weighted by Crippen LogP contribution is 2.12. The molecule has 54 heavy (non-hydrogen) atoms. The molecule has 0 aliphatic carbocycles. The molecule has 0 fully saturated rings. The lowest BCUT2D eigenvalue weighted by Gasteiger charge is -2.18.